The van der Waals surface area contributed by atoms with Gasteiger partial charge in [-0.25, -0.2) is 0 Å². The average molecular weight is 366 g/mol. The molecule has 1 aliphatic rings. The third-order valence-corrected chi connectivity index (χ3v) is 4.34. The topological polar surface area (TPSA) is 60.5 Å². The summed E-state index contributed by atoms with van der Waals surface area (Å²) in [4.78, 5) is 16.0. The maximum absolute atomic E-state index is 12.3. The molecule has 0 atom stereocenters. The van der Waals surface area contributed by atoms with E-state index in [0.717, 1.165) is 36.3 Å². The molecule has 0 bridgehead atoms. The molecule has 0 aromatic carbocycles. The van der Waals surface area contributed by atoms with Crippen molar-refractivity contribution in [2.45, 2.75) is 26.7 Å². The quantitative estimate of drug-likeness (QED) is 0.592. The summed E-state index contributed by atoms with van der Waals surface area (Å²) < 4.78 is 6.66. The fourth-order valence-electron chi connectivity index (χ4n) is 2.55. The summed E-state index contributed by atoms with van der Waals surface area (Å²) in [5, 5.41) is 9.26. The van der Waals surface area contributed by atoms with Crippen LogP contribution in [-0.2, 0) is 4.79 Å². The van der Waals surface area contributed by atoms with Crippen molar-refractivity contribution in [3.05, 3.63) is 21.9 Å². The molecular weight excluding hydrogens is 346 g/mol. The van der Waals surface area contributed by atoms with Crippen LogP contribution in [0.2, 0.25) is 0 Å². The average Bonchev–Trinajstić information content (AvgIpc) is 3.15. The van der Waals surface area contributed by atoms with E-state index in [9.17, 15) is 10.1 Å². The second kappa shape index (κ2) is 7.50. The molecule has 6 heteroatoms. The Morgan fingerprint density at radius 3 is 2.64 bits per heavy atom. The fraction of sp³-hybridized carbons (Fsp3) is 0.500. The smallest absolute Gasteiger partial charge is 0.264 e. The van der Waals surface area contributed by atoms with Crippen molar-refractivity contribution in [2.24, 2.45) is 0 Å². The number of rotatable bonds is 5. The number of furan rings is 1. The Kier molecular flexibility index (Phi) is 5.67. The predicted octanol–water partition coefficient (Wildman–Crippen LogP) is 3.42. The lowest BCUT2D eigenvalue weighted by molar-refractivity contribution is -0.126. The standard InChI is InChI=1S/C16H20BrN3O2/c1-3-19(4-2)15(21)12(11-18)9-13-10-14(17)16(22-13)20-7-5-6-8-20/h9-10H,3-8H2,1-2H3/b12-9-. The van der Waals surface area contributed by atoms with Crippen LogP contribution in [0, 0.1) is 11.3 Å². The first-order chi connectivity index (χ1) is 10.6. The largest absolute Gasteiger partial charge is 0.440 e. The lowest BCUT2D eigenvalue weighted by Crippen LogP contribution is -2.31. The molecule has 2 rings (SSSR count). The first kappa shape index (κ1) is 16.6. The molecule has 1 amide bonds. The summed E-state index contributed by atoms with van der Waals surface area (Å²) in [5.74, 6) is 1.03. The van der Waals surface area contributed by atoms with Crippen molar-refractivity contribution in [1.82, 2.24) is 4.90 Å². The molecular formula is C16H20BrN3O2. The van der Waals surface area contributed by atoms with Crippen LogP contribution in [0.5, 0.6) is 0 Å². The number of nitrogens with zero attached hydrogens (tertiary/aromatic N) is 3. The zero-order valence-electron chi connectivity index (χ0n) is 12.9. The Labute approximate surface area is 139 Å². The van der Waals surface area contributed by atoms with Crippen molar-refractivity contribution < 1.29 is 9.21 Å². The van der Waals surface area contributed by atoms with Crippen LogP contribution in [-0.4, -0.2) is 37.0 Å². The lowest BCUT2D eigenvalue weighted by Gasteiger charge is -2.17. The van der Waals surface area contributed by atoms with Gasteiger partial charge < -0.3 is 14.2 Å². The monoisotopic (exact) mass is 365 g/mol. The van der Waals surface area contributed by atoms with E-state index in [0.29, 0.717) is 18.8 Å². The molecule has 0 saturated carbocycles. The third-order valence-electron chi connectivity index (χ3n) is 3.77. The first-order valence-electron chi connectivity index (χ1n) is 7.56. The van der Waals surface area contributed by atoms with E-state index in [1.54, 1.807) is 11.0 Å². The highest BCUT2D eigenvalue weighted by atomic mass is 79.9. The van der Waals surface area contributed by atoms with Crippen molar-refractivity contribution in [3.8, 4) is 6.07 Å². The number of halogens is 1. The van der Waals surface area contributed by atoms with Gasteiger partial charge in [0, 0.05) is 38.3 Å². The molecule has 1 aromatic heterocycles. The summed E-state index contributed by atoms with van der Waals surface area (Å²) >= 11 is 3.49. The number of hydrogen-bond donors (Lipinski definition) is 0. The molecule has 0 radical (unpaired) electrons. The molecule has 22 heavy (non-hydrogen) atoms. The number of carbonyl (C=O) groups excluding carboxylic acids is 1. The van der Waals surface area contributed by atoms with E-state index in [2.05, 4.69) is 20.8 Å². The molecule has 0 unspecified atom stereocenters. The molecule has 1 aromatic rings. The van der Waals surface area contributed by atoms with Gasteiger partial charge in [-0.05, 0) is 42.6 Å². The van der Waals surface area contributed by atoms with Crippen molar-refractivity contribution in [2.75, 3.05) is 31.1 Å². The van der Waals surface area contributed by atoms with Gasteiger partial charge in [-0.15, -0.1) is 0 Å². The Morgan fingerprint density at radius 2 is 2.09 bits per heavy atom. The highest BCUT2D eigenvalue weighted by molar-refractivity contribution is 9.10. The Hall–Kier alpha value is -1.74. The predicted molar refractivity (Wildman–Crippen MR) is 89.4 cm³/mol. The second-order valence-corrected chi connectivity index (χ2v) is 6.00. The molecule has 0 aliphatic carbocycles. The summed E-state index contributed by atoms with van der Waals surface area (Å²) in [6.07, 6.45) is 3.83. The van der Waals surface area contributed by atoms with Crippen molar-refractivity contribution >= 4 is 33.8 Å². The molecule has 0 spiro atoms. The van der Waals surface area contributed by atoms with Gasteiger partial charge in [0.15, 0.2) is 0 Å². The second-order valence-electron chi connectivity index (χ2n) is 5.14. The minimum Gasteiger partial charge on any atom is -0.440 e. The summed E-state index contributed by atoms with van der Waals surface area (Å²) in [6.45, 7) is 6.89. The van der Waals surface area contributed by atoms with Crippen molar-refractivity contribution in [3.63, 3.8) is 0 Å². The van der Waals surface area contributed by atoms with Gasteiger partial charge in [-0.3, -0.25) is 4.79 Å². The van der Waals surface area contributed by atoms with Crippen LogP contribution in [0.4, 0.5) is 5.88 Å². The van der Waals surface area contributed by atoms with Gasteiger partial charge in [-0.2, -0.15) is 5.26 Å². The number of hydrogen-bond acceptors (Lipinski definition) is 4. The maximum Gasteiger partial charge on any atom is 0.264 e. The molecule has 1 aliphatic heterocycles. The van der Waals surface area contributed by atoms with Crippen molar-refractivity contribution in [1.29, 1.82) is 5.26 Å². The minimum absolute atomic E-state index is 0.0953. The van der Waals surface area contributed by atoms with Gasteiger partial charge in [0.1, 0.15) is 17.4 Å². The van der Waals surface area contributed by atoms with Crippen LogP contribution in [0.1, 0.15) is 32.4 Å². The molecule has 1 saturated heterocycles. The van der Waals surface area contributed by atoms with Gasteiger partial charge in [0.25, 0.3) is 5.91 Å². The van der Waals surface area contributed by atoms with Crippen LogP contribution >= 0.6 is 15.9 Å². The Morgan fingerprint density at radius 1 is 1.45 bits per heavy atom. The number of carbonyl (C=O) groups is 1. The number of amides is 1. The molecule has 1 fully saturated rings. The number of anilines is 1. The van der Waals surface area contributed by atoms with E-state index >= 15 is 0 Å². The summed E-state index contributed by atoms with van der Waals surface area (Å²) in [5.41, 5.74) is 0.0953. The number of nitriles is 1. The number of likely N-dealkylation sites (N-methyl/N-ethyl adjacent to an activating group) is 1. The highest BCUT2D eigenvalue weighted by Gasteiger charge is 2.21. The normalized spacial score (nSPS) is 15.0. The van der Waals surface area contributed by atoms with Crippen LogP contribution < -0.4 is 4.90 Å². The SMILES string of the molecule is CCN(CC)C(=O)/C(C#N)=C\c1cc(Br)c(N2CCCC2)o1. The van der Waals surface area contributed by atoms with Gasteiger partial charge >= 0.3 is 0 Å². The highest BCUT2D eigenvalue weighted by Crippen LogP contribution is 2.33. The van der Waals surface area contributed by atoms with Crippen LogP contribution in [0.15, 0.2) is 20.5 Å². The third kappa shape index (κ3) is 3.53. The van der Waals surface area contributed by atoms with E-state index in [1.165, 1.54) is 6.08 Å². The molecule has 0 N–H and O–H groups in total. The van der Waals surface area contributed by atoms with Gasteiger partial charge in [0.05, 0.1) is 4.47 Å². The first-order valence-corrected chi connectivity index (χ1v) is 8.35. The van der Waals surface area contributed by atoms with E-state index in [1.807, 2.05) is 19.9 Å². The summed E-state index contributed by atoms with van der Waals surface area (Å²) in [6, 6.07) is 3.78. The van der Waals surface area contributed by atoms with E-state index in [-0.39, 0.29) is 11.5 Å². The Balaban J connectivity index is 2.25. The zero-order valence-corrected chi connectivity index (χ0v) is 14.5. The fourth-order valence-corrected chi connectivity index (χ4v) is 3.11. The van der Waals surface area contributed by atoms with Gasteiger partial charge in [0.2, 0.25) is 5.88 Å². The van der Waals surface area contributed by atoms with Crippen LogP contribution in [0.3, 0.4) is 0 Å². The molecule has 118 valence electrons. The molecule has 5 nitrogen and oxygen atoms in total. The molecule has 2 heterocycles. The van der Waals surface area contributed by atoms with Crippen LogP contribution in [0.25, 0.3) is 6.08 Å². The van der Waals surface area contributed by atoms with E-state index < -0.39 is 0 Å². The zero-order chi connectivity index (χ0) is 16.1. The lowest BCUT2D eigenvalue weighted by atomic mass is 10.2. The maximum atomic E-state index is 12.3. The minimum atomic E-state index is -0.261. The summed E-state index contributed by atoms with van der Waals surface area (Å²) in [7, 11) is 0. The Bertz CT molecular complexity index is 605. The van der Waals surface area contributed by atoms with E-state index in [4.69, 9.17) is 4.42 Å². The van der Waals surface area contributed by atoms with Gasteiger partial charge in [-0.1, -0.05) is 0 Å².